The number of hydrogen-bond donors (Lipinski definition) is 2. The number of rotatable bonds is 8. The van der Waals surface area contributed by atoms with Crippen LogP contribution in [0.1, 0.15) is 25.7 Å². The first-order chi connectivity index (χ1) is 13.3. The zero-order chi connectivity index (χ0) is 20.1. The molecule has 1 saturated heterocycles. The Hall–Kier alpha value is -2.24. The predicted octanol–water partition coefficient (Wildman–Crippen LogP) is 0.789. The molecule has 1 aliphatic heterocycles. The van der Waals surface area contributed by atoms with Crippen LogP contribution in [0.2, 0.25) is 0 Å². The Kier molecular flexibility index (Phi) is 6.47. The Bertz CT molecular complexity index is 892. The number of aromatic nitrogens is 4. The maximum absolute atomic E-state index is 12.3. The molecule has 0 saturated carbocycles. The molecule has 0 radical (unpaired) electrons. The molecule has 28 heavy (non-hydrogen) atoms. The average Bonchev–Trinajstić information content (AvgIpc) is 3.17. The second-order valence-corrected chi connectivity index (χ2v) is 8.55. The van der Waals surface area contributed by atoms with Crippen molar-refractivity contribution in [3.63, 3.8) is 0 Å². The van der Waals surface area contributed by atoms with E-state index in [2.05, 4.69) is 29.9 Å². The first kappa shape index (κ1) is 20.5. The summed E-state index contributed by atoms with van der Waals surface area (Å²) in [4.78, 5) is 15.0. The number of sulfonamides is 1. The molecule has 2 aromatic heterocycles. The quantitative estimate of drug-likeness (QED) is 0.615. The van der Waals surface area contributed by atoms with Crippen LogP contribution in [0.4, 0.5) is 11.6 Å². The van der Waals surface area contributed by atoms with Gasteiger partial charge in [0.05, 0.1) is 19.5 Å². The smallest absolute Gasteiger partial charge is 0.259 e. The lowest BCUT2D eigenvalue weighted by Gasteiger charge is -2.28. The number of nitrogens with one attached hydrogen (secondary N) is 2. The highest BCUT2D eigenvalue weighted by Crippen LogP contribution is 2.17. The fourth-order valence-electron chi connectivity index (χ4n) is 2.79. The third kappa shape index (κ3) is 5.18. The molecule has 1 fully saturated rings. The molecule has 2 N–H and O–H groups in total. The summed E-state index contributed by atoms with van der Waals surface area (Å²) in [6.45, 7) is 9.31. The van der Waals surface area contributed by atoms with Crippen molar-refractivity contribution in [2.24, 2.45) is 0 Å². The van der Waals surface area contributed by atoms with E-state index in [1.54, 1.807) is 4.57 Å². The molecule has 3 heterocycles. The maximum Gasteiger partial charge on any atom is 0.259 e. The summed E-state index contributed by atoms with van der Waals surface area (Å²) < 4.78 is 34.3. The van der Waals surface area contributed by atoms with Gasteiger partial charge in [0.1, 0.15) is 17.5 Å². The van der Waals surface area contributed by atoms with E-state index in [1.807, 2.05) is 26.8 Å². The first-order valence-electron chi connectivity index (χ1n) is 9.30. The zero-order valence-electron chi connectivity index (χ0n) is 16.4. The van der Waals surface area contributed by atoms with E-state index in [0.29, 0.717) is 31.4 Å². The minimum absolute atomic E-state index is 0.0219. The van der Waals surface area contributed by atoms with Crippen LogP contribution in [0.15, 0.2) is 23.6 Å². The summed E-state index contributed by atoms with van der Waals surface area (Å²) in [5.74, 6) is 2.17. The molecule has 154 valence electrons. The lowest BCUT2D eigenvalue weighted by Crippen LogP contribution is -2.37. The van der Waals surface area contributed by atoms with Crippen LogP contribution in [-0.2, 0) is 14.8 Å². The van der Waals surface area contributed by atoms with Crippen molar-refractivity contribution in [3.05, 3.63) is 24.4 Å². The minimum Gasteiger partial charge on any atom is -0.378 e. The van der Waals surface area contributed by atoms with Gasteiger partial charge in [-0.2, -0.15) is 0 Å². The van der Waals surface area contributed by atoms with Gasteiger partial charge in [-0.25, -0.2) is 28.1 Å². The molecule has 0 aliphatic carbocycles. The summed E-state index contributed by atoms with van der Waals surface area (Å²) in [6, 6.07) is 2.02. The van der Waals surface area contributed by atoms with Gasteiger partial charge in [0.15, 0.2) is 5.03 Å². The Morgan fingerprint density at radius 3 is 2.64 bits per heavy atom. The van der Waals surface area contributed by atoms with E-state index < -0.39 is 10.0 Å². The van der Waals surface area contributed by atoms with Crippen LogP contribution in [0.5, 0.6) is 0 Å². The summed E-state index contributed by atoms with van der Waals surface area (Å²) in [6.07, 6.45) is 3.05. The Balaban J connectivity index is 1.55. The van der Waals surface area contributed by atoms with E-state index >= 15 is 0 Å². The highest BCUT2D eigenvalue weighted by Gasteiger charge is 2.18. The molecule has 0 atom stereocenters. The molecule has 0 spiro atoms. The van der Waals surface area contributed by atoms with Crippen molar-refractivity contribution in [1.82, 2.24) is 24.2 Å². The van der Waals surface area contributed by atoms with E-state index in [4.69, 9.17) is 4.74 Å². The Morgan fingerprint density at radius 2 is 1.96 bits per heavy atom. The van der Waals surface area contributed by atoms with Crippen LogP contribution in [0.3, 0.4) is 0 Å². The van der Waals surface area contributed by atoms with Gasteiger partial charge in [-0.15, -0.1) is 0 Å². The molecule has 2 aromatic rings. The normalized spacial score (nSPS) is 15.2. The van der Waals surface area contributed by atoms with Crippen molar-refractivity contribution < 1.29 is 13.2 Å². The summed E-state index contributed by atoms with van der Waals surface area (Å²) in [5, 5.41) is 3.17. The van der Waals surface area contributed by atoms with Gasteiger partial charge in [-0.1, -0.05) is 0 Å². The number of aryl methyl sites for hydroxylation is 1. The molecule has 0 amide bonds. The highest BCUT2D eigenvalue weighted by molar-refractivity contribution is 7.89. The summed E-state index contributed by atoms with van der Waals surface area (Å²) >= 11 is 0. The molecular formula is C17H27N7O3S. The van der Waals surface area contributed by atoms with Crippen LogP contribution >= 0.6 is 0 Å². The number of imidazole rings is 1. The fourth-order valence-corrected chi connectivity index (χ4v) is 3.75. The van der Waals surface area contributed by atoms with Crippen LogP contribution < -0.4 is 14.9 Å². The molecule has 3 rings (SSSR count). The first-order valence-corrected chi connectivity index (χ1v) is 10.8. The van der Waals surface area contributed by atoms with Crippen molar-refractivity contribution in [3.8, 4) is 0 Å². The lowest BCUT2D eigenvalue weighted by molar-refractivity contribution is 0.122. The van der Waals surface area contributed by atoms with Gasteiger partial charge in [0, 0.05) is 44.5 Å². The average molecular weight is 410 g/mol. The molecule has 1 aliphatic rings. The summed E-state index contributed by atoms with van der Waals surface area (Å²) in [5.41, 5.74) is 0. The number of morpholine rings is 1. The zero-order valence-corrected chi connectivity index (χ0v) is 17.2. The standard InChI is InChI=1S/C17H27N7O3S/c1-13(2)24-11-17(19-12-24)28(25,26)20-5-4-18-15-10-16(22-14(3)21-15)23-6-8-27-9-7-23/h10-13,20H,4-9H2,1-3H3,(H,18,21,22). The van der Waals surface area contributed by atoms with Gasteiger partial charge >= 0.3 is 0 Å². The second kappa shape index (κ2) is 8.84. The number of ether oxygens (including phenoxy) is 1. The van der Waals surface area contributed by atoms with E-state index in [9.17, 15) is 8.42 Å². The maximum atomic E-state index is 12.3. The van der Waals surface area contributed by atoms with Crippen LogP contribution in [-0.4, -0.2) is 67.3 Å². The SMILES string of the molecule is Cc1nc(NCCNS(=O)(=O)c2cn(C(C)C)cn2)cc(N2CCOCC2)n1. The Labute approximate surface area is 165 Å². The third-order valence-corrected chi connectivity index (χ3v) is 5.68. The van der Waals surface area contributed by atoms with E-state index in [1.165, 1.54) is 12.5 Å². The van der Waals surface area contributed by atoms with Crippen molar-refractivity contribution in [1.29, 1.82) is 0 Å². The molecule has 0 aromatic carbocycles. The molecule has 11 heteroatoms. The number of anilines is 2. The molecular weight excluding hydrogens is 382 g/mol. The van der Waals surface area contributed by atoms with Gasteiger partial charge in [-0.3, -0.25) is 0 Å². The van der Waals surface area contributed by atoms with Crippen molar-refractivity contribution in [2.45, 2.75) is 31.8 Å². The molecule has 0 unspecified atom stereocenters. The second-order valence-electron chi connectivity index (χ2n) is 6.84. The molecule has 10 nitrogen and oxygen atoms in total. The minimum atomic E-state index is -3.64. The van der Waals surface area contributed by atoms with Crippen molar-refractivity contribution >= 4 is 21.7 Å². The van der Waals surface area contributed by atoms with Gasteiger partial charge in [0.25, 0.3) is 10.0 Å². The lowest BCUT2D eigenvalue weighted by atomic mass is 10.4. The Morgan fingerprint density at radius 1 is 1.21 bits per heavy atom. The topological polar surface area (TPSA) is 114 Å². The van der Waals surface area contributed by atoms with Crippen molar-refractivity contribution in [2.75, 3.05) is 49.6 Å². The van der Waals surface area contributed by atoms with Crippen LogP contribution in [0.25, 0.3) is 0 Å². The van der Waals surface area contributed by atoms with E-state index in [-0.39, 0.29) is 17.6 Å². The van der Waals surface area contributed by atoms with Gasteiger partial charge in [-0.05, 0) is 20.8 Å². The largest absolute Gasteiger partial charge is 0.378 e. The van der Waals surface area contributed by atoms with Crippen LogP contribution in [0, 0.1) is 6.92 Å². The highest BCUT2D eigenvalue weighted by atomic mass is 32.2. The summed E-state index contributed by atoms with van der Waals surface area (Å²) in [7, 11) is -3.64. The van der Waals surface area contributed by atoms with E-state index in [0.717, 1.165) is 18.9 Å². The predicted molar refractivity (Wildman–Crippen MR) is 106 cm³/mol. The third-order valence-electron chi connectivity index (χ3n) is 4.33. The number of hydrogen-bond acceptors (Lipinski definition) is 8. The fraction of sp³-hybridized carbons (Fsp3) is 0.588. The van der Waals surface area contributed by atoms with Gasteiger partial charge in [0.2, 0.25) is 0 Å². The van der Waals surface area contributed by atoms with Gasteiger partial charge < -0.3 is 19.5 Å². The molecule has 0 bridgehead atoms. The monoisotopic (exact) mass is 409 g/mol. The number of nitrogens with zero attached hydrogens (tertiary/aromatic N) is 5.